The molecule has 2 aromatic carbocycles. The molecule has 0 bridgehead atoms. The van der Waals surface area contributed by atoms with E-state index in [0.29, 0.717) is 22.3 Å². The molecule has 1 atom stereocenters. The number of amides is 1. The van der Waals surface area contributed by atoms with Gasteiger partial charge in [0.2, 0.25) is 0 Å². The number of carbonyl (C=O) groups is 1. The fraction of sp³-hybridized carbons (Fsp3) is 0.143. The molecule has 0 aliphatic rings. The SMILES string of the molecule is Cc1cc(F)cc([C@@H](O)C(=O)Nc2ccc(-n3nc(C)c4ncnc(N)c43)c(F)c2)c1. The van der Waals surface area contributed by atoms with Gasteiger partial charge < -0.3 is 16.2 Å². The zero-order valence-electron chi connectivity index (χ0n) is 16.6. The molecule has 0 saturated carbocycles. The molecule has 31 heavy (non-hydrogen) atoms. The van der Waals surface area contributed by atoms with Gasteiger partial charge in [0.05, 0.1) is 5.69 Å². The second kappa shape index (κ2) is 7.73. The lowest BCUT2D eigenvalue weighted by molar-refractivity contribution is -0.124. The number of nitrogens with one attached hydrogen (secondary N) is 1. The van der Waals surface area contributed by atoms with Gasteiger partial charge in [0.15, 0.2) is 17.7 Å². The number of rotatable bonds is 4. The van der Waals surface area contributed by atoms with Crippen LogP contribution in [0.2, 0.25) is 0 Å². The molecule has 0 spiro atoms. The number of aromatic nitrogens is 4. The quantitative estimate of drug-likeness (QED) is 0.463. The van der Waals surface area contributed by atoms with Gasteiger partial charge in [0.25, 0.3) is 5.91 Å². The summed E-state index contributed by atoms with van der Waals surface area (Å²) >= 11 is 0. The van der Waals surface area contributed by atoms with Crippen molar-refractivity contribution in [2.24, 2.45) is 0 Å². The number of fused-ring (bicyclic) bond motifs is 1. The Morgan fingerprint density at radius 1 is 1.16 bits per heavy atom. The number of aliphatic hydroxyl groups excluding tert-OH is 1. The molecule has 0 unspecified atom stereocenters. The highest BCUT2D eigenvalue weighted by Crippen LogP contribution is 2.27. The Labute approximate surface area is 175 Å². The van der Waals surface area contributed by atoms with Crippen LogP contribution in [0.5, 0.6) is 0 Å². The number of nitrogens with zero attached hydrogens (tertiary/aromatic N) is 4. The third-order valence-corrected chi connectivity index (χ3v) is 4.73. The van der Waals surface area contributed by atoms with E-state index in [1.807, 2.05) is 0 Å². The van der Waals surface area contributed by atoms with Crippen molar-refractivity contribution in [1.29, 1.82) is 0 Å². The fourth-order valence-electron chi connectivity index (χ4n) is 3.33. The highest BCUT2D eigenvalue weighted by atomic mass is 19.1. The van der Waals surface area contributed by atoms with Gasteiger partial charge in [0.1, 0.15) is 28.9 Å². The highest BCUT2D eigenvalue weighted by molar-refractivity contribution is 5.95. The molecule has 158 valence electrons. The maximum atomic E-state index is 14.9. The molecule has 10 heteroatoms. The van der Waals surface area contributed by atoms with Crippen LogP contribution in [0.1, 0.15) is 22.9 Å². The van der Waals surface area contributed by atoms with Crippen LogP contribution < -0.4 is 11.1 Å². The minimum atomic E-state index is -1.62. The van der Waals surface area contributed by atoms with Crippen LogP contribution in [0.25, 0.3) is 16.7 Å². The molecular formula is C21H18F2N6O2. The zero-order chi connectivity index (χ0) is 22.3. The van der Waals surface area contributed by atoms with Crippen LogP contribution in [0.3, 0.4) is 0 Å². The predicted molar refractivity (Wildman–Crippen MR) is 110 cm³/mol. The summed E-state index contributed by atoms with van der Waals surface area (Å²) in [5.74, 6) is -1.94. The lowest BCUT2D eigenvalue weighted by Crippen LogP contribution is -2.21. The topological polar surface area (TPSA) is 119 Å². The van der Waals surface area contributed by atoms with Crippen LogP contribution >= 0.6 is 0 Å². The number of nitrogens with two attached hydrogens (primary N) is 1. The van der Waals surface area contributed by atoms with Crippen molar-refractivity contribution in [2.45, 2.75) is 20.0 Å². The van der Waals surface area contributed by atoms with Gasteiger partial charge in [0, 0.05) is 5.69 Å². The van der Waals surface area contributed by atoms with Crippen molar-refractivity contribution in [2.75, 3.05) is 11.1 Å². The molecule has 0 aliphatic carbocycles. The number of aliphatic hydroxyl groups is 1. The van der Waals surface area contributed by atoms with E-state index in [0.717, 1.165) is 12.1 Å². The Kier molecular flexibility index (Phi) is 5.07. The summed E-state index contributed by atoms with van der Waals surface area (Å²) in [6, 6.07) is 7.78. The molecule has 0 radical (unpaired) electrons. The van der Waals surface area contributed by atoms with Crippen LogP contribution in [-0.4, -0.2) is 30.8 Å². The first-order valence-corrected chi connectivity index (χ1v) is 9.26. The van der Waals surface area contributed by atoms with Crippen molar-refractivity contribution >= 4 is 28.4 Å². The van der Waals surface area contributed by atoms with Crippen LogP contribution in [0.15, 0.2) is 42.7 Å². The first-order valence-electron chi connectivity index (χ1n) is 9.26. The summed E-state index contributed by atoms with van der Waals surface area (Å²) in [6.45, 7) is 3.36. The van der Waals surface area contributed by atoms with E-state index in [1.54, 1.807) is 13.8 Å². The molecule has 0 aliphatic heterocycles. The van der Waals surface area contributed by atoms with Crippen molar-refractivity contribution in [1.82, 2.24) is 19.7 Å². The Morgan fingerprint density at radius 2 is 1.94 bits per heavy atom. The summed E-state index contributed by atoms with van der Waals surface area (Å²) in [7, 11) is 0. The van der Waals surface area contributed by atoms with E-state index in [2.05, 4.69) is 20.4 Å². The van der Waals surface area contributed by atoms with Crippen molar-refractivity contribution in [3.8, 4) is 5.69 Å². The zero-order valence-corrected chi connectivity index (χ0v) is 16.6. The van der Waals surface area contributed by atoms with E-state index in [-0.39, 0.29) is 22.8 Å². The van der Waals surface area contributed by atoms with Gasteiger partial charge in [-0.2, -0.15) is 5.10 Å². The normalized spacial score (nSPS) is 12.2. The second-order valence-electron chi connectivity index (χ2n) is 7.07. The first kappa shape index (κ1) is 20.4. The van der Waals surface area contributed by atoms with Gasteiger partial charge in [-0.05, 0) is 55.3 Å². The van der Waals surface area contributed by atoms with E-state index >= 15 is 0 Å². The summed E-state index contributed by atoms with van der Waals surface area (Å²) in [5, 5.41) is 16.9. The molecule has 2 heterocycles. The van der Waals surface area contributed by atoms with Crippen LogP contribution in [0.4, 0.5) is 20.3 Å². The Balaban J connectivity index is 1.62. The highest BCUT2D eigenvalue weighted by Gasteiger charge is 2.20. The smallest absolute Gasteiger partial charge is 0.257 e. The maximum Gasteiger partial charge on any atom is 0.257 e. The number of hydrogen-bond acceptors (Lipinski definition) is 6. The predicted octanol–water partition coefficient (Wildman–Crippen LogP) is 2.96. The summed E-state index contributed by atoms with van der Waals surface area (Å²) in [4.78, 5) is 20.4. The number of hydrogen-bond donors (Lipinski definition) is 3. The Bertz CT molecular complexity index is 1300. The average Bonchev–Trinajstić information content (AvgIpc) is 3.04. The average molecular weight is 424 g/mol. The van der Waals surface area contributed by atoms with Gasteiger partial charge in [-0.3, -0.25) is 4.79 Å². The number of nitrogen functional groups attached to an aromatic ring is 1. The molecule has 8 nitrogen and oxygen atoms in total. The lowest BCUT2D eigenvalue weighted by Gasteiger charge is -2.13. The lowest BCUT2D eigenvalue weighted by atomic mass is 10.1. The molecule has 4 aromatic rings. The molecule has 1 amide bonds. The minimum absolute atomic E-state index is 0.0823. The van der Waals surface area contributed by atoms with Gasteiger partial charge in [-0.1, -0.05) is 6.07 Å². The molecule has 2 aromatic heterocycles. The summed E-state index contributed by atoms with van der Waals surface area (Å²) < 4.78 is 29.7. The van der Waals surface area contributed by atoms with Gasteiger partial charge in [-0.15, -0.1) is 0 Å². The first-order chi connectivity index (χ1) is 14.7. The van der Waals surface area contributed by atoms with E-state index in [9.17, 15) is 18.7 Å². The number of carbonyl (C=O) groups excluding carboxylic acids is 1. The Hall–Kier alpha value is -3.92. The monoisotopic (exact) mass is 424 g/mol. The van der Waals surface area contributed by atoms with E-state index < -0.39 is 23.6 Å². The van der Waals surface area contributed by atoms with Crippen molar-refractivity contribution < 1.29 is 18.7 Å². The summed E-state index contributed by atoms with van der Waals surface area (Å²) in [5.41, 5.74) is 8.18. The third kappa shape index (κ3) is 3.80. The molecule has 0 saturated heterocycles. The standard InChI is InChI=1S/C21H18F2N6O2/c1-10-5-12(7-13(22)6-10)19(30)21(31)27-14-3-4-16(15(23)8-14)29-18-17(11(2)28-29)25-9-26-20(18)24/h3-9,19,30H,1-2H3,(H,27,31)(H2,24,25,26)/t19-/m1/s1. The maximum absolute atomic E-state index is 14.9. The molecular weight excluding hydrogens is 406 g/mol. The third-order valence-electron chi connectivity index (χ3n) is 4.73. The van der Waals surface area contributed by atoms with Crippen LogP contribution in [0, 0.1) is 25.5 Å². The van der Waals surface area contributed by atoms with E-state index in [1.165, 1.54) is 35.3 Å². The number of benzene rings is 2. The van der Waals surface area contributed by atoms with E-state index in [4.69, 9.17) is 5.73 Å². The van der Waals surface area contributed by atoms with Gasteiger partial charge >= 0.3 is 0 Å². The number of aryl methyl sites for hydroxylation is 2. The summed E-state index contributed by atoms with van der Waals surface area (Å²) in [6.07, 6.45) is -0.316. The molecule has 4 rings (SSSR count). The fourth-order valence-corrected chi connectivity index (χ4v) is 3.33. The molecule has 4 N–H and O–H groups in total. The van der Waals surface area contributed by atoms with Crippen LogP contribution in [-0.2, 0) is 4.79 Å². The van der Waals surface area contributed by atoms with Crippen molar-refractivity contribution in [3.05, 3.63) is 71.2 Å². The second-order valence-corrected chi connectivity index (χ2v) is 7.07. The Morgan fingerprint density at radius 3 is 2.65 bits per heavy atom. The van der Waals surface area contributed by atoms with Gasteiger partial charge in [-0.25, -0.2) is 23.4 Å². The number of anilines is 2. The van der Waals surface area contributed by atoms with Crippen molar-refractivity contribution in [3.63, 3.8) is 0 Å². The number of halogens is 2. The molecule has 0 fully saturated rings. The largest absolute Gasteiger partial charge is 0.382 e. The minimum Gasteiger partial charge on any atom is -0.382 e.